The number of carboxylic acid groups (broad SMARTS) is 1. The van der Waals surface area contributed by atoms with Gasteiger partial charge in [-0.2, -0.15) is 0 Å². The number of carboxylic acids is 1. The predicted molar refractivity (Wildman–Crippen MR) is 66.8 cm³/mol. The summed E-state index contributed by atoms with van der Waals surface area (Å²) in [7, 11) is 0. The Morgan fingerprint density at radius 3 is 2.58 bits per heavy atom. The average Bonchev–Trinajstić information content (AvgIpc) is 2.39. The Balaban J connectivity index is 1.79. The van der Waals surface area contributed by atoms with E-state index in [2.05, 4.69) is 0 Å². The number of nitrogens with zero attached hydrogens (tertiary/aromatic N) is 1. The van der Waals surface area contributed by atoms with E-state index in [1.165, 1.54) is 0 Å². The van der Waals surface area contributed by atoms with Crippen LogP contribution in [0.15, 0.2) is 0 Å². The van der Waals surface area contributed by atoms with E-state index in [1.807, 2.05) is 0 Å². The summed E-state index contributed by atoms with van der Waals surface area (Å²) in [6, 6.07) is 0. The molecule has 2 rings (SSSR count). The molecular weight excluding hydrogens is 250 g/mol. The molecule has 2 aliphatic heterocycles. The maximum atomic E-state index is 12.1. The van der Waals surface area contributed by atoms with Crippen molar-refractivity contribution >= 4 is 11.9 Å². The Kier molecular flexibility index (Phi) is 5.15. The molecule has 0 aromatic rings. The van der Waals surface area contributed by atoms with Crippen molar-refractivity contribution in [1.29, 1.82) is 0 Å². The predicted octanol–water partition coefficient (Wildman–Crippen LogP) is 0.648. The zero-order chi connectivity index (χ0) is 13.7. The van der Waals surface area contributed by atoms with E-state index < -0.39 is 5.97 Å². The van der Waals surface area contributed by atoms with Crippen LogP contribution in [0.2, 0.25) is 0 Å². The lowest BCUT2D eigenvalue weighted by molar-refractivity contribution is -0.149. The monoisotopic (exact) mass is 271 g/mol. The topological polar surface area (TPSA) is 76.1 Å². The van der Waals surface area contributed by atoms with Gasteiger partial charge < -0.3 is 19.5 Å². The first-order valence-corrected chi connectivity index (χ1v) is 6.88. The average molecular weight is 271 g/mol. The van der Waals surface area contributed by atoms with E-state index in [1.54, 1.807) is 4.90 Å². The van der Waals surface area contributed by atoms with Crippen LogP contribution >= 0.6 is 0 Å². The van der Waals surface area contributed by atoms with Gasteiger partial charge in [0.2, 0.25) is 5.91 Å². The summed E-state index contributed by atoms with van der Waals surface area (Å²) in [5.74, 6) is -0.847. The molecule has 6 nitrogen and oxygen atoms in total. The van der Waals surface area contributed by atoms with Gasteiger partial charge in [0, 0.05) is 19.7 Å². The summed E-state index contributed by atoms with van der Waals surface area (Å²) in [6.45, 7) is 2.07. The first kappa shape index (κ1) is 14.3. The van der Waals surface area contributed by atoms with Crippen LogP contribution in [0.5, 0.6) is 0 Å². The van der Waals surface area contributed by atoms with Crippen LogP contribution in [0.25, 0.3) is 0 Å². The fourth-order valence-corrected chi connectivity index (χ4v) is 2.56. The molecule has 0 spiro atoms. The van der Waals surface area contributed by atoms with E-state index in [0.717, 1.165) is 25.9 Å². The standard InChI is InChI=1S/C13H21NO5/c15-12(7-10-3-1-2-5-18-10)14-4-6-19-11(9-14)8-13(16)17/h10-11H,1-9H2,(H,16,17)/t10-,11+/m1/s1. The Labute approximate surface area is 112 Å². The van der Waals surface area contributed by atoms with Crippen LogP contribution in [-0.2, 0) is 19.1 Å². The van der Waals surface area contributed by atoms with E-state index in [4.69, 9.17) is 14.6 Å². The fourth-order valence-electron chi connectivity index (χ4n) is 2.56. The third-order valence-electron chi connectivity index (χ3n) is 3.57. The number of rotatable bonds is 4. The summed E-state index contributed by atoms with van der Waals surface area (Å²) in [6.07, 6.45) is 3.12. The highest BCUT2D eigenvalue weighted by molar-refractivity contribution is 5.77. The number of morpholine rings is 1. The molecule has 2 atom stereocenters. The lowest BCUT2D eigenvalue weighted by Gasteiger charge is -2.33. The van der Waals surface area contributed by atoms with Crippen LogP contribution < -0.4 is 0 Å². The third-order valence-corrected chi connectivity index (χ3v) is 3.57. The van der Waals surface area contributed by atoms with Crippen molar-refractivity contribution in [3.05, 3.63) is 0 Å². The SMILES string of the molecule is O=C(O)C[C@H]1CN(C(=O)C[C@H]2CCCCO2)CCO1. The van der Waals surface area contributed by atoms with Crippen molar-refractivity contribution in [1.82, 2.24) is 4.90 Å². The highest BCUT2D eigenvalue weighted by atomic mass is 16.5. The number of hydrogen-bond donors (Lipinski definition) is 1. The summed E-state index contributed by atoms with van der Waals surface area (Å²) >= 11 is 0. The van der Waals surface area contributed by atoms with Crippen molar-refractivity contribution in [2.75, 3.05) is 26.3 Å². The molecule has 0 unspecified atom stereocenters. The minimum Gasteiger partial charge on any atom is -0.481 e. The maximum Gasteiger partial charge on any atom is 0.306 e. The third kappa shape index (κ3) is 4.47. The van der Waals surface area contributed by atoms with E-state index in [0.29, 0.717) is 26.1 Å². The van der Waals surface area contributed by atoms with Gasteiger partial charge in [-0.3, -0.25) is 9.59 Å². The fraction of sp³-hybridized carbons (Fsp3) is 0.846. The second-order valence-electron chi connectivity index (χ2n) is 5.12. The van der Waals surface area contributed by atoms with Crippen LogP contribution in [0.1, 0.15) is 32.1 Å². The molecule has 2 saturated heterocycles. The lowest BCUT2D eigenvalue weighted by Crippen LogP contribution is -2.47. The smallest absolute Gasteiger partial charge is 0.306 e. The molecule has 0 aliphatic carbocycles. The van der Waals surface area contributed by atoms with Gasteiger partial charge in [-0.15, -0.1) is 0 Å². The second-order valence-corrected chi connectivity index (χ2v) is 5.12. The van der Waals surface area contributed by atoms with Gasteiger partial charge in [0.15, 0.2) is 0 Å². The van der Waals surface area contributed by atoms with Gasteiger partial charge in [-0.05, 0) is 19.3 Å². The Morgan fingerprint density at radius 1 is 1.11 bits per heavy atom. The number of carbonyl (C=O) groups excluding carboxylic acids is 1. The number of amides is 1. The Morgan fingerprint density at radius 2 is 1.89 bits per heavy atom. The Bertz CT molecular complexity index is 327. The van der Waals surface area contributed by atoms with Crippen LogP contribution in [0, 0.1) is 0 Å². The summed E-state index contributed by atoms with van der Waals surface area (Å²) in [5.41, 5.74) is 0. The molecular formula is C13H21NO5. The van der Waals surface area contributed by atoms with Crippen molar-refractivity contribution in [2.24, 2.45) is 0 Å². The van der Waals surface area contributed by atoms with Gasteiger partial charge in [0.05, 0.1) is 31.7 Å². The maximum absolute atomic E-state index is 12.1. The highest BCUT2D eigenvalue weighted by Gasteiger charge is 2.28. The molecule has 108 valence electrons. The zero-order valence-electron chi connectivity index (χ0n) is 11.0. The molecule has 0 bridgehead atoms. The van der Waals surface area contributed by atoms with Gasteiger partial charge in [-0.25, -0.2) is 0 Å². The molecule has 0 aromatic carbocycles. The quantitative estimate of drug-likeness (QED) is 0.812. The summed E-state index contributed by atoms with van der Waals surface area (Å²) in [5, 5.41) is 8.75. The molecule has 0 radical (unpaired) electrons. The van der Waals surface area contributed by atoms with Gasteiger partial charge in [0.25, 0.3) is 0 Å². The van der Waals surface area contributed by atoms with Crippen LogP contribution in [0.4, 0.5) is 0 Å². The number of carbonyl (C=O) groups is 2. The largest absolute Gasteiger partial charge is 0.481 e. The van der Waals surface area contributed by atoms with Crippen molar-refractivity contribution in [2.45, 2.75) is 44.3 Å². The van der Waals surface area contributed by atoms with Crippen molar-refractivity contribution in [3.8, 4) is 0 Å². The van der Waals surface area contributed by atoms with Gasteiger partial charge >= 0.3 is 5.97 Å². The summed E-state index contributed by atoms with van der Waals surface area (Å²) in [4.78, 5) is 24.5. The van der Waals surface area contributed by atoms with E-state index in [-0.39, 0.29) is 24.5 Å². The molecule has 1 amide bonds. The van der Waals surface area contributed by atoms with E-state index in [9.17, 15) is 9.59 Å². The lowest BCUT2D eigenvalue weighted by atomic mass is 10.1. The first-order valence-electron chi connectivity index (χ1n) is 6.88. The van der Waals surface area contributed by atoms with Gasteiger partial charge in [0.1, 0.15) is 0 Å². The molecule has 2 heterocycles. The molecule has 0 aromatic heterocycles. The number of ether oxygens (including phenoxy) is 2. The van der Waals surface area contributed by atoms with Crippen molar-refractivity contribution in [3.63, 3.8) is 0 Å². The minimum atomic E-state index is -0.894. The summed E-state index contributed by atoms with van der Waals surface area (Å²) < 4.78 is 10.9. The molecule has 2 fully saturated rings. The Hall–Kier alpha value is -1.14. The first-order chi connectivity index (χ1) is 9.15. The molecule has 6 heteroatoms. The van der Waals surface area contributed by atoms with Crippen LogP contribution in [0.3, 0.4) is 0 Å². The highest BCUT2D eigenvalue weighted by Crippen LogP contribution is 2.18. The number of aliphatic carboxylic acids is 1. The van der Waals surface area contributed by atoms with Crippen LogP contribution in [-0.4, -0.2) is 60.4 Å². The van der Waals surface area contributed by atoms with E-state index >= 15 is 0 Å². The van der Waals surface area contributed by atoms with Gasteiger partial charge in [-0.1, -0.05) is 0 Å². The molecule has 1 N–H and O–H groups in total. The number of hydrogen-bond acceptors (Lipinski definition) is 4. The van der Waals surface area contributed by atoms with Crippen molar-refractivity contribution < 1.29 is 24.2 Å². The molecule has 0 saturated carbocycles. The molecule has 19 heavy (non-hydrogen) atoms. The minimum absolute atomic E-state index is 0.0296. The normalized spacial score (nSPS) is 28.1. The molecule has 2 aliphatic rings. The zero-order valence-corrected chi connectivity index (χ0v) is 11.0. The second kappa shape index (κ2) is 6.86.